The number of hydrogen-bond acceptors (Lipinski definition) is 3. The lowest BCUT2D eigenvalue weighted by Crippen LogP contribution is -2.39. The highest BCUT2D eigenvalue weighted by molar-refractivity contribution is 7.86. The molecule has 1 atom stereocenters. The van der Waals surface area contributed by atoms with Gasteiger partial charge < -0.3 is 4.90 Å². The third-order valence-corrected chi connectivity index (χ3v) is 5.65. The zero-order valence-electron chi connectivity index (χ0n) is 16.9. The molecule has 1 rings (SSSR count). The van der Waals surface area contributed by atoms with Crippen LogP contribution in [0.4, 0.5) is 13.2 Å². The van der Waals surface area contributed by atoms with E-state index in [0.717, 1.165) is 6.04 Å². The number of piperidine rings is 1. The first-order valence-electron chi connectivity index (χ1n) is 10.4. The zero-order valence-corrected chi connectivity index (χ0v) is 17.8. The first-order chi connectivity index (χ1) is 12.6. The van der Waals surface area contributed by atoms with E-state index in [1.165, 1.54) is 96.6 Å². The minimum Gasteiger partial charge on any atom is -0.300 e. The minimum atomic E-state index is -5.84. The van der Waals surface area contributed by atoms with Crippen LogP contribution in [-0.4, -0.2) is 42.5 Å². The second-order valence-electron chi connectivity index (χ2n) is 7.34. The molecular formula is C19H38F3NO3S. The van der Waals surface area contributed by atoms with Crippen molar-refractivity contribution in [2.75, 3.05) is 13.1 Å². The Bertz CT molecular complexity index is 456. The van der Waals surface area contributed by atoms with Gasteiger partial charge >= 0.3 is 15.6 Å². The maximum atomic E-state index is 10.7. The zero-order chi connectivity index (χ0) is 20.8. The second kappa shape index (κ2) is 14.6. The smallest absolute Gasteiger partial charge is 0.300 e. The summed E-state index contributed by atoms with van der Waals surface area (Å²) < 4.78 is 57.5. The van der Waals surface area contributed by atoms with Crippen molar-refractivity contribution in [3.8, 4) is 0 Å². The molecule has 27 heavy (non-hydrogen) atoms. The van der Waals surface area contributed by atoms with Gasteiger partial charge in [0.25, 0.3) is 0 Å². The molecule has 1 aliphatic rings. The van der Waals surface area contributed by atoms with Crippen LogP contribution >= 0.6 is 0 Å². The molecule has 0 aromatic heterocycles. The van der Waals surface area contributed by atoms with Crippen molar-refractivity contribution in [1.82, 2.24) is 4.90 Å². The van der Waals surface area contributed by atoms with Crippen molar-refractivity contribution in [2.45, 2.75) is 109 Å². The van der Waals surface area contributed by atoms with Crippen molar-refractivity contribution >= 4 is 10.1 Å². The van der Waals surface area contributed by atoms with Gasteiger partial charge in [-0.15, -0.1) is 0 Å². The van der Waals surface area contributed by atoms with E-state index in [4.69, 9.17) is 13.0 Å². The lowest BCUT2D eigenvalue weighted by atomic mass is 9.99. The summed E-state index contributed by atoms with van der Waals surface area (Å²) in [5, 5.41) is 0. The highest BCUT2D eigenvalue weighted by Gasteiger charge is 2.44. The first kappa shape index (κ1) is 26.7. The molecule has 8 heteroatoms. The minimum absolute atomic E-state index is 0.905. The van der Waals surface area contributed by atoms with Crippen LogP contribution in [0, 0.1) is 0 Å². The van der Waals surface area contributed by atoms with Crippen molar-refractivity contribution < 1.29 is 26.1 Å². The van der Waals surface area contributed by atoms with E-state index in [2.05, 4.69) is 18.7 Å². The second-order valence-corrected chi connectivity index (χ2v) is 8.76. The topological polar surface area (TPSA) is 57.6 Å². The Kier molecular flexibility index (Phi) is 14.4. The molecular weight excluding hydrogens is 379 g/mol. The number of halogens is 3. The summed E-state index contributed by atoms with van der Waals surface area (Å²) in [6, 6.07) is 0.905. The molecule has 0 bridgehead atoms. The molecule has 0 radical (unpaired) electrons. The SMILES string of the molecule is CCCCCCCCCCCN1CCCCC1CC.O=S(=O)(O)C(F)(F)F. The van der Waals surface area contributed by atoms with Gasteiger partial charge in [-0.1, -0.05) is 71.6 Å². The Hall–Kier alpha value is -0.340. The summed E-state index contributed by atoms with van der Waals surface area (Å²) >= 11 is 0. The van der Waals surface area contributed by atoms with Gasteiger partial charge in [0.15, 0.2) is 0 Å². The summed E-state index contributed by atoms with van der Waals surface area (Å²) in [5.41, 5.74) is -5.53. The predicted octanol–water partition coefficient (Wildman–Crippen LogP) is 6.18. The number of alkyl halides is 3. The lowest BCUT2D eigenvalue weighted by molar-refractivity contribution is -0.0510. The molecule has 0 saturated carbocycles. The van der Waals surface area contributed by atoms with Crippen LogP contribution < -0.4 is 0 Å². The molecule has 1 heterocycles. The van der Waals surface area contributed by atoms with E-state index in [9.17, 15) is 13.2 Å². The van der Waals surface area contributed by atoms with Crippen molar-refractivity contribution in [3.05, 3.63) is 0 Å². The summed E-state index contributed by atoms with van der Waals surface area (Å²) in [4.78, 5) is 2.77. The maximum Gasteiger partial charge on any atom is 0.522 e. The first-order valence-corrected chi connectivity index (χ1v) is 11.8. The molecule has 1 aliphatic heterocycles. The summed E-state index contributed by atoms with van der Waals surface area (Å²) in [6.45, 7) is 7.40. The van der Waals surface area contributed by atoms with E-state index in [1.54, 1.807) is 0 Å². The molecule has 1 N–H and O–H groups in total. The van der Waals surface area contributed by atoms with Gasteiger partial charge in [0.2, 0.25) is 0 Å². The average Bonchev–Trinajstić information content (AvgIpc) is 2.59. The standard InChI is InChI=1S/C18H37N.CHF3O3S/c1-3-5-6-7-8-9-10-11-13-16-19-17-14-12-15-18(19)4-2;2-1(3,4)8(5,6)7/h18H,3-17H2,1-2H3;(H,5,6,7). The predicted molar refractivity (Wildman–Crippen MR) is 104 cm³/mol. The Morgan fingerprint density at radius 1 is 0.926 bits per heavy atom. The third-order valence-electron chi connectivity index (χ3n) is 5.06. The van der Waals surface area contributed by atoms with Crippen LogP contribution in [0.3, 0.4) is 0 Å². The average molecular weight is 418 g/mol. The Balaban J connectivity index is 0.000000713. The molecule has 1 fully saturated rings. The summed E-state index contributed by atoms with van der Waals surface area (Å²) in [6.07, 6.45) is 18.8. The van der Waals surface area contributed by atoms with Crippen molar-refractivity contribution in [2.24, 2.45) is 0 Å². The monoisotopic (exact) mass is 417 g/mol. The van der Waals surface area contributed by atoms with Crippen LogP contribution in [-0.2, 0) is 10.1 Å². The number of likely N-dealkylation sites (tertiary alicyclic amines) is 1. The van der Waals surface area contributed by atoms with Crippen LogP contribution in [0.15, 0.2) is 0 Å². The van der Waals surface area contributed by atoms with Crippen LogP contribution in [0.2, 0.25) is 0 Å². The molecule has 4 nitrogen and oxygen atoms in total. The molecule has 0 spiro atoms. The number of nitrogens with zero attached hydrogens (tertiary/aromatic N) is 1. The van der Waals surface area contributed by atoms with Crippen molar-refractivity contribution in [3.63, 3.8) is 0 Å². The fourth-order valence-electron chi connectivity index (χ4n) is 3.44. The van der Waals surface area contributed by atoms with E-state index < -0.39 is 15.6 Å². The van der Waals surface area contributed by atoms with Crippen molar-refractivity contribution in [1.29, 1.82) is 0 Å². The van der Waals surface area contributed by atoms with E-state index in [0.29, 0.717) is 0 Å². The summed E-state index contributed by atoms with van der Waals surface area (Å²) in [5.74, 6) is 0. The lowest BCUT2D eigenvalue weighted by Gasteiger charge is -2.35. The van der Waals surface area contributed by atoms with Crippen LogP contribution in [0.1, 0.15) is 97.3 Å². The normalized spacial score (nSPS) is 18.8. The summed E-state index contributed by atoms with van der Waals surface area (Å²) in [7, 11) is -5.84. The van der Waals surface area contributed by atoms with Gasteiger partial charge in [-0.25, -0.2) is 0 Å². The Morgan fingerprint density at radius 2 is 1.41 bits per heavy atom. The molecule has 0 aromatic rings. The number of hydrogen-bond donors (Lipinski definition) is 1. The largest absolute Gasteiger partial charge is 0.522 e. The van der Waals surface area contributed by atoms with Crippen LogP contribution in [0.5, 0.6) is 0 Å². The highest BCUT2D eigenvalue weighted by Crippen LogP contribution is 2.21. The number of unbranched alkanes of at least 4 members (excludes halogenated alkanes) is 8. The van der Waals surface area contributed by atoms with Gasteiger partial charge in [0.05, 0.1) is 0 Å². The van der Waals surface area contributed by atoms with Gasteiger partial charge in [-0.2, -0.15) is 21.6 Å². The maximum absolute atomic E-state index is 10.7. The Labute approximate surface area is 163 Å². The molecule has 1 saturated heterocycles. The number of rotatable bonds is 11. The highest BCUT2D eigenvalue weighted by atomic mass is 32.2. The molecule has 1 unspecified atom stereocenters. The van der Waals surface area contributed by atoms with E-state index in [-0.39, 0.29) is 0 Å². The fourth-order valence-corrected chi connectivity index (χ4v) is 3.44. The van der Waals surface area contributed by atoms with Gasteiger partial charge in [0.1, 0.15) is 0 Å². The van der Waals surface area contributed by atoms with E-state index >= 15 is 0 Å². The molecule has 0 amide bonds. The van der Waals surface area contributed by atoms with Gasteiger partial charge in [0, 0.05) is 6.04 Å². The molecule has 0 aromatic carbocycles. The quantitative estimate of drug-likeness (QED) is 0.248. The Morgan fingerprint density at radius 3 is 1.85 bits per heavy atom. The molecule has 0 aliphatic carbocycles. The third kappa shape index (κ3) is 13.5. The molecule has 164 valence electrons. The van der Waals surface area contributed by atoms with Gasteiger partial charge in [-0.3, -0.25) is 4.55 Å². The van der Waals surface area contributed by atoms with Gasteiger partial charge in [-0.05, 0) is 38.8 Å². The van der Waals surface area contributed by atoms with E-state index in [1.807, 2.05) is 0 Å². The van der Waals surface area contributed by atoms with Crippen LogP contribution in [0.25, 0.3) is 0 Å². The fraction of sp³-hybridized carbons (Fsp3) is 1.00.